The van der Waals surface area contributed by atoms with Crippen LogP contribution < -0.4 is 5.32 Å². The van der Waals surface area contributed by atoms with Crippen LogP contribution in [0.3, 0.4) is 0 Å². The van der Waals surface area contributed by atoms with Gasteiger partial charge in [0, 0.05) is 34.2 Å². The molecule has 1 aromatic rings. The fourth-order valence-corrected chi connectivity index (χ4v) is 2.22. The summed E-state index contributed by atoms with van der Waals surface area (Å²) in [5.41, 5.74) is 1.25. The van der Waals surface area contributed by atoms with Crippen molar-refractivity contribution in [3.05, 3.63) is 22.4 Å². The number of hydrogen-bond acceptors (Lipinski definition) is 3. The molecule has 0 aromatic carbocycles. The lowest BCUT2D eigenvalue weighted by Crippen LogP contribution is -2.39. The Kier molecular flexibility index (Phi) is 7.08. The summed E-state index contributed by atoms with van der Waals surface area (Å²) in [5, 5.41) is 7.47. The van der Waals surface area contributed by atoms with Gasteiger partial charge in [0.05, 0.1) is 0 Å². The van der Waals surface area contributed by atoms with E-state index in [4.69, 9.17) is 0 Å². The van der Waals surface area contributed by atoms with Crippen molar-refractivity contribution >= 4 is 23.2 Å². The fraction of sp³-hybridized carbons (Fsp3) is 0.571. The first kappa shape index (κ1) is 16.5. The van der Waals surface area contributed by atoms with Gasteiger partial charge in [0.2, 0.25) is 5.91 Å². The molecule has 1 rings (SSSR count). The standard InChI is InChI=1S/C14H24N4OS/c1-5-7-15-14(16-9-13(19)17(2)3)18(4)10-12-6-8-20-11-12/h6,8,11H,5,7,9-10H2,1-4H3,(H,15,16). The monoisotopic (exact) mass is 296 g/mol. The van der Waals surface area contributed by atoms with Crippen molar-refractivity contribution in [3.63, 3.8) is 0 Å². The summed E-state index contributed by atoms with van der Waals surface area (Å²) < 4.78 is 0. The van der Waals surface area contributed by atoms with E-state index in [1.54, 1.807) is 30.3 Å². The molecule has 0 aliphatic heterocycles. The zero-order valence-electron chi connectivity index (χ0n) is 12.7. The third-order valence-electron chi connectivity index (χ3n) is 2.76. The van der Waals surface area contributed by atoms with Crippen LogP contribution in [0.5, 0.6) is 0 Å². The molecule has 0 saturated heterocycles. The number of nitrogens with zero attached hydrogens (tertiary/aromatic N) is 3. The van der Waals surface area contributed by atoms with Crippen LogP contribution in [-0.4, -0.2) is 55.9 Å². The lowest BCUT2D eigenvalue weighted by atomic mass is 10.3. The Morgan fingerprint density at radius 1 is 1.40 bits per heavy atom. The number of hydrogen-bond donors (Lipinski definition) is 1. The highest BCUT2D eigenvalue weighted by atomic mass is 32.1. The maximum Gasteiger partial charge on any atom is 0.243 e. The van der Waals surface area contributed by atoms with Gasteiger partial charge in [-0.05, 0) is 28.8 Å². The number of guanidine groups is 1. The molecule has 0 aliphatic rings. The maximum atomic E-state index is 11.6. The van der Waals surface area contributed by atoms with Gasteiger partial charge in [0.1, 0.15) is 6.54 Å². The first-order valence-electron chi connectivity index (χ1n) is 6.75. The summed E-state index contributed by atoms with van der Waals surface area (Å²) >= 11 is 1.69. The quantitative estimate of drug-likeness (QED) is 0.641. The van der Waals surface area contributed by atoms with Crippen molar-refractivity contribution in [2.45, 2.75) is 19.9 Å². The van der Waals surface area contributed by atoms with Crippen molar-refractivity contribution in [3.8, 4) is 0 Å². The molecular weight excluding hydrogens is 272 g/mol. The van der Waals surface area contributed by atoms with Gasteiger partial charge in [-0.25, -0.2) is 4.99 Å². The van der Waals surface area contributed by atoms with Crippen molar-refractivity contribution in [1.29, 1.82) is 0 Å². The van der Waals surface area contributed by atoms with Crippen LogP contribution in [-0.2, 0) is 11.3 Å². The largest absolute Gasteiger partial charge is 0.356 e. The maximum absolute atomic E-state index is 11.6. The Balaban J connectivity index is 2.66. The lowest BCUT2D eigenvalue weighted by Gasteiger charge is -2.22. The summed E-state index contributed by atoms with van der Waals surface area (Å²) in [6, 6.07) is 2.10. The molecule has 6 heteroatoms. The van der Waals surface area contributed by atoms with E-state index in [0.717, 1.165) is 25.5 Å². The lowest BCUT2D eigenvalue weighted by molar-refractivity contribution is -0.127. The highest BCUT2D eigenvalue weighted by molar-refractivity contribution is 7.07. The highest BCUT2D eigenvalue weighted by Gasteiger charge is 2.09. The van der Waals surface area contributed by atoms with Gasteiger partial charge in [-0.2, -0.15) is 11.3 Å². The molecule has 0 atom stereocenters. The molecule has 1 heterocycles. The molecule has 0 fully saturated rings. The highest BCUT2D eigenvalue weighted by Crippen LogP contribution is 2.08. The van der Waals surface area contributed by atoms with E-state index in [9.17, 15) is 4.79 Å². The predicted molar refractivity (Wildman–Crippen MR) is 85.1 cm³/mol. The molecular formula is C14H24N4OS. The second-order valence-corrected chi connectivity index (χ2v) is 5.62. The molecule has 0 spiro atoms. The topological polar surface area (TPSA) is 47.9 Å². The van der Waals surface area contributed by atoms with Crippen molar-refractivity contribution < 1.29 is 4.79 Å². The number of carbonyl (C=O) groups excluding carboxylic acids is 1. The van der Waals surface area contributed by atoms with Crippen LogP contribution in [0.4, 0.5) is 0 Å². The van der Waals surface area contributed by atoms with E-state index in [1.807, 2.05) is 11.9 Å². The van der Waals surface area contributed by atoms with Gasteiger partial charge in [0.15, 0.2) is 5.96 Å². The number of amides is 1. The van der Waals surface area contributed by atoms with Crippen molar-refractivity contribution in [1.82, 2.24) is 15.1 Å². The molecule has 0 radical (unpaired) electrons. The normalized spacial score (nSPS) is 11.3. The van der Waals surface area contributed by atoms with Crippen LogP contribution >= 0.6 is 11.3 Å². The number of carbonyl (C=O) groups is 1. The number of rotatable bonds is 6. The average Bonchev–Trinajstić information content (AvgIpc) is 2.91. The Hall–Kier alpha value is -1.56. The second kappa shape index (κ2) is 8.58. The molecule has 0 saturated carbocycles. The first-order valence-corrected chi connectivity index (χ1v) is 7.69. The molecule has 0 aliphatic carbocycles. The summed E-state index contributed by atoms with van der Waals surface area (Å²) in [6.07, 6.45) is 1.02. The zero-order chi connectivity index (χ0) is 15.0. The Morgan fingerprint density at radius 3 is 2.70 bits per heavy atom. The van der Waals surface area contributed by atoms with Crippen LogP contribution in [0, 0.1) is 0 Å². The molecule has 1 aromatic heterocycles. The third-order valence-corrected chi connectivity index (χ3v) is 3.49. The molecule has 5 nitrogen and oxygen atoms in total. The van der Waals surface area contributed by atoms with Gasteiger partial charge in [-0.15, -0.1) is 0 Å². The van der Waals surface area contributed by atoms with Gasteiger partial charge in [-0.3, -0.25) is 4.79 Å². The zero-order valence-corrected chi connectivity index (χ0v) is 13.5. The van der Waals surface area contributed by atoms with Crippen LogP contribution in [0.25, 0.3) is 0 Å². The minimum Gasteiger partial charge on any atom is -0.356 e. The molecule has 20 heavy (non-hydrogen) atoms. The summed E-state index contributed by atoms with van der Waals surface area (Å²) in [4.78, 5) is 19.6. The fourth-order valence-electron chi connectivity index (χ4n) is 1.56. The van der Waals surface area contributed by atoms with E-state index in [0.29, 0.717) is 0 Å². The van der Waals surface area contributed by atoms with Gasteiger partial charge in [0.25, 0.3) is 0 Å². The Morgan fingerprint density at radius 2 is 2.15 bits per heavy atom. The minimum atomic E-state index is 0.00438. The first-order chi connectivity index (χ1) is 9.54. The van der Waals surface area contributed by atoms with E-state index in [1.165, 1.54) is 5.56 Å². The van der Waals surface area contributed by atoms with Gasteiger partial charge < -0.3 is 15.1 Å². The average molecular weight is 296 g/mol. The summed E-state index contributed by atoms with van der Waals surface area (Å²) in [5.74, 6) is 0.776. The summed E-state index contributed by atoms with van der Waals surface area (Å²) in [6.45, 7) is 3.92. The van der Waals surface area contributed by atoms with Crippen LogP contribution in [0.1, 0.15) is 18.9 Å². The molecule has 1 amide bonds. The van der Waals surface area contributed by atoms with Crippen LogP contribution in [0.2, 0.25) is 0 Å². The number of likely N-dealkylation sites (N-methyl/N-ethyl adjacent to an activating group) is 1. The number of nitrogens with one attached hydrogen (secondary N) is 1. The molecule has 112 valence electrons. The Bertz CT molecular complexity index is 428. The smallest absolute Gasteiger partial charge is 0.243 e. The van der Waals surface area contributed by atoms with E-state index in [2.05, 4.69) is 34.1 Å². The molecule has 0 unspecified atom stereocenters. The van der Waals surface area contributed by atoms with Crippen LogP contribution in [0.15, 0.2) is 21.8 Å². The molecule has 0 bridgehead atoms. The van der Waals surface area contributed by atoms with Crippen molar-refractivity contribution in [2.24, 2.45) is 4.99 Å². The van der Waals surface area contributed by atoms with E-state index < -0.39 is 0 Å². The molecule has 1 N–H and O–H groups in total. The van der Waals surface area contributed by atoms with E-state index >= 15 is 0 Å². The minimum absolute atomic E-state index is 0.00438. The Labute approximate surface area is 125 Å². The second-order valence-electron chi connectivity index (χ2n) is 4.84. The third kappa shape index (κ3) is 5.61. The summed E-state index contributed by atoms with van der Waals surface area (Å²) in [7, 11) is 5.47. The van der Waals surface area contributed by atoms with Gasteiger partial charge >= 0.3 is 0 Å². The number of aliphatic imine (C=N–C) groups is 1. The number of thiophene rings is 1. The predicted octanol–water partition coefficient (Wildman–Crippen LogP) is 1.62. The van der Waals surface area contributed by atoms with E-state index in [-0.39, 0.29) is 12.5 Å². The SMILES string of the molecule is CCCNC(=NCC(=O)N(C)C)N(C)Cc1ccsc1. The van der Waals surface area contributed by atoms with Crippen molar-refractivity contribution in [2.75, 3.05) is 34.2 Å². The van der Waals surface area contributed by atoms with Gasteiger partial charge in [-0.1, -0.05) is 6.92 Å².